The minimum atomic E-state index is -0.956. The van der Waals surface area contributed by atoms with Crippen LogP contribution in [-0.2, 0) is 14.3 Å². The van der Waals surface area contributed by atoms with Crippen LogP contribution >= 0.6 is 23.2 Å². The van der Waals surface area contributed by atoms with Gasteiger partial charge in [0.05, 0.1) is 38.6 Å². The number of pyridine rings is 1. The highest BCUT2D eigenvalue weighted by atomic mass is 35.5. The number of rotatable bonds is 6. The normalized spacial score (nSPS) is 18.9. The molecule has 0 radical (unpaired) electrons. The zero-order chi connectivity index (χ0) is 25.1. The van der Waals surface area contributed by atoms with Crippen molar-refractivity contribution in [2.75, 3.05) is 47.0 Å². The van der Waals surface area contributed by atoms with Gasteiger partial charge in [0.25, 0.3) is 0 Å². The van der Waals surface area contributed by atoms with Gasteiger partial charge in [0.2, 0.25) is 0 Å². The molecule has 0 aliphatic carbocycles. The average molecular weight is 526 g/mol. The predicted octanol–water partition coefficient (Wildman–Crippen LogP) is 3.36. The molecule has 8 nitrogen and oxygen atoms in total. The lowest BCUT2D eigenvalue weighted by Crippen LogP contribution is -2.49. The molecule has 1 N–H and O–H groups in total. The molecule has 1 fully saturated rings. The maximum Gasteiger partial charge on any atom is 0.338 e. The van der Waals surface area contributed by atoms with Gasteiger partial charge in [-0.15, -0.1) is 0 Å². The van der Waals surface area contributed by atoms with Crippen LogP contribution in [0.3, 0.4) is 0 Å². The number of hydrazine groups is 1. The smallest absolute Gasteiger partial charge is 0.338 e. The number of nitrogens with zero attached hydrogens (tertiary/aromatic N) is 4. The minimum Gasteiger partial charge on any atom is -0.466 e. The number of morpholine rings is 1. The van der Waals surface area contributed by atoms with E-state index in [1.165, 1.54) is 13.2 Å². The molecule has 1 saturated heterocycles. The SMILES string of the molecule is COC(=O)C1=C(CN(C)N2CCOCC2)NC(c2ncc(F)cc2F)=NC1c1ccc(Cl)cc1Cl. The predicted molar refractivity (Wildman–Crippen MR) is 127 cm³/mol. The van der Waals surface area contributed by atoms with E-state index < -0.39 is 23.6 Å². The molecule has 2 aliphatic heterocycles. The number of aliphatic imine (C=N–C) groups is 1. The van der Waals surface area contributed by atoms with E-state index in [1.807, 2.05) is 12.1 Å². The van der Waals surface area contributed by atoms with Crippen LogP contribution in [0.5, 0.6) is 0 Å². The van der Waals surface area contributed by atoms with Crippen molar-refractivity contribution >= 4 is 35.0 Å². The number of hydrogen-bond acceptors (Lipinski definition) is 8. The lowest BCUT2D eigenvalue weighted by Gasteiger charge is -2.37. The molecule has 4 rings (SSSR count). The van der Waals surface area contributed by atoms with Gasteiger partial charge in [0, 0.05) is 47.5 Å². The average Bonchev–Trinajstić information content (AvgIpc) is 2.83. The second-order valence-corrected chi connectivity index (χ2v) is 8.76. The molecular weight excluding hydrogens is 503 g/mol. The van der Waals surface area contributed by atoms with E-state index in [1.54, 1.807) is 12.1 Å². The van der Waals surface area contributed by atoms with Gasteiger partial charge in [0.15, 0.2) is 11.7 Å². The Bertz CT molecular complexity index is 1190. The standard InChI is InChI=1S/C23H23Cl2F2N5O3/c1-31(32-5-7-35-8-6-32)12-18-19(23(33)34-2)20(15-4-3-13(24)9-16(15)25)30-22(29-18)21-17(27)10-14(26)11-28-21/h3-4,9-11,20H,5-8,12H2,1-2H3,(H,29,30). The van der Waals surface area contributed by atoms with Crippen molar-refractivity contribution in [2.24, 2.45) is 4.99 Å². The molecule has 0 bridgehead atoms. The number of benzene rings is 1. The van der Waals surface area contributed by atoms with Crippen LogP contribution in [0.15, 0.2) is 46.7 Å². The lowest BCUT2D eigenvalue weighted by molar-refractivity contribution is -0.136. The molecule has 3 heterocycles. The van der Waals surface area contributed by atoms with Crippen LogP contribution < -0.4 is 5.32 Å². The third kappa shape index (κ3) is 5.62. The van der Waals surface area contributed by atoms with E-state index in [0.717, 1.165) is 12.3 Å². The van der Waals surface area contributed by atoms with Crippen molar-refractivity contribution in [3.05, 3.63) is 74.7 Å². The Kier molecular flexibility index (Phi) is 7.98. The number of halogens is 4. The van der Waals surface area contributed by atoms with Crippen LogP contribution in [-0.4, -0.2) is 73.8 Å². The number of likely N-dealkylation sites (N-methyl/N-ethyl adjacent to an activating group) is 1. The first-order chi connectivity index (χ1) is 16.8. The molecule has 0 saturated carbocycles. The summed E-state index contributed by atoms with van der Waals surface area (Å²) in [6, 6.07) is 4.55. The number of aromatic nitrogens is 1. The molecule has 35 heavy (non-hydrogen) atoms. The molecule has 2 aliphatic rings. The fourth-order valence-corrected chi connectivity index (χ4v) is 4.46. The molecule has 1 atom stereocenters. The number of hydrogen-bond donors (Lipinski definition) is 1. The number of ether oxygens (including phenoxy) is 2. The van der Waals surface area contributed by atoms with Crippen LogP contribution in [0.4, 0.5) is 8.78 Å². The van der Waals surface area contributed by atoms with Gasteiger partial charge in [-0.25, -0.2) is 28.6 Å². The number of methoxy groups -OCH3 is 1. The first-order valence-electron chi connectivity index (χ1n) is 10.7. The Morgan fingerprint density at radius 3 is 2.69 bits per heavy atom. The first kappa shape index (κ1) is 25.5. The summed E-state index contributed by atoms with van der Waals surface area (Å²) in [5.41, 5.74) is 0.877. The van der Waals surface area contributed by atoms with Crippen molar-refractivity contribution in [1.29, 1.82) is 0 Å². The van der Waals surface area contributed by atoms with E-state index >= 15 is 0 Å². The summed E-state index contributed by atoms with van der Waals surface area (Å²) in [4.78, 5) is 21.5. The van der Waals surface area contributed by atoms with E-state index in [2.05, 4.69) is 20.3 Å². The second-order valence-electron chi connectivity index (χ2n) is 7.92. The van der Waals surface area contributed by atoms with Crippen molar-refractivity contribution in [1.82, 2.24) is 20.3 Å². The number of nitrogens with one attached hydrogen (secondary N) is 1. The first-order valence-corrected chi connectivity index (χ1v) is 11.5. The van der Waals surface area contributed by atoms with Crippen molar-refractivity contribution in [3.8, 4) is 0 Å². The number of carbonyl (C=O) groups excluding carboxylic acids is 1. The number of esters is 1. The summed E-state index contributed by atoms with van der Waals surface area (Å²) in [7, 11) is 3.13. The molecule has 186 valence electrons. The molecule has 12 heteroatoms. The molecule has 0 spiro atoms. The summed E-state index contributed by atoms with van der Waals surface area (Å²) < 4.78 is 38.7. The topological polar surface area (TPSA) is 79.3 Å². The molecule has 1 unspecified atom stereocenters. The van der Waals surface area contributed by atoms with Crippen LogP contribution in [0.25, 0.3) is 0 Å². The Morgan fingerprint density at radius 2 is 2.03 bits per heavy atom. The Balaban J connectivity index is 1.83. The van der Waals surface area contributed by atoms with Crippen molar-refractivity contribution in [2.45, 2.75) is 6.04 Å². The summed E-state index contributed by atoms with van der Waals surface area (Å²) in [6.45, 7) is 2.70. The van der Waals surface area contributed by atoms with Gasteiger partial charge in [-0.1, -0.05) is 29.3 Å². The molecular formula is C23H23Cl2F2N5O3. The van der Waals surface area contributed by atoms with E-state index in [4.69, 9.17) is 32.7 Å². The van der Waals surface area contributed by atoms with E-state index in [0.29, 0.717) is 42.6 Å². The van der Waals surface area contributed by atoms with E-state index in [-0.39, 0.29) is 28.7 Å². The minimum absolute atomic E-state index is 0.0246. The Labute approximate surface area is 211 Å². The maximum absolute atomic E-state index is 14.7. The summed E-state index contributed by atoms with van der Waals surface area (Å²) in [5, 5.41) is 7.69. The van der Waals surface area contributed by atoms with Gasteiger partial charge in [-0.05, 0) is 12.1 Å². The monoisotopic (exact) mass is 525 g/mol. The van der Waals surface area contributed by atoms with Crippen LogP contribution in [0, 0.1) is 11.6 Å². The van der Waals surface area contributed by atoms with Gasteiger partial charge >= 0.3 is 5.97 Å². The molecule has 1 aromatic heterocycles. The van der Waals surface area contributed by atoms with Gasteiger partial charge < -0.3 is 14.8 Å². The fourth-order valence-electron chi connectivity index (χ4n) is 3.95. The summed E-state index contributed by atoms with van der Waals surface area (Å²) in [5.74, 6) is -2.33. The number of carbonyl (C=O) groups is 1. The van der Waals surface area contributed by atoms with Crippen molar-refractivity contribution in [3.63, 3.8) is 0 Å². The summed E-state index contributed by atoms with van der Waals surface area (Å²) in [6.07, 6.45) is 0.895. The van der Waals surface area contributed by atoms with E-state index in [9.17, 15) is 13.6 Å². The lowest BCUT2D eigenvalue weighted by atomic mass is 9.95. The zero-order valence-corrected chi connectivity index (χ0v) is 20.5. The molecule has 2 aromatic rings. The van der Waals surface area contributed by atoms with Crippen LogP contribution in [0.2, 0.25) is 10.0 Å². The largest absolute Gasteiger partial charge is 0.466 e. The maximum atomic E-state index is 14.7. The second kappa shape index (κ2) is 11.0. The highest BCUT2D eigenvalue weighted by Gasteiger charge is 2.35. The van der Waals surface area contributed by atoms with Crippen LogP contribution in [0.1, 0.15) is 17.3 Å². The molecule has 1 aromatic carbocycles. The zero-order valence-electron chi connectivity index (χ0n) is 19.0. The van der Waals surface area contributed by atoms with Gasteiger partial charge in [-0.3, -0.25) is 4.99 Å². The molecule has 0 amide bonds. The van der Waals surface area contributed by atoms with Gasteiger partial charge in [-0.2, -0.15) is 0 Å². The quantitative estimate of drug-likeness (QED) is 0.579. The fraction of sp³-hybridized carbons (Fsp3) is 0.348. The van der Waals surface area contributed by atoms with Crippen molar-refractivity contribution < 1.29 is 23.0 Å². The highest BCUT2D eigenvalue weighted by Crippen LogP contribution is 2.37. The third-order valence-corrected chi connectivity index (χ3v) is 6.24. The van der Waals surface area contributed by atoms with Gasteiger partial charge in [0.1, 0.15) is 17.6 Å². The number of amidine groups is 1. The Morgan fingerprint density at radius 1 is 1.29 bits per heavy atom. The third-order valence-electron chi connectivity index (χ3n) is 5.68. The Hall–Kier alpha value is -2.63. The highest BCUT2D eigenvalue weighted by molar-refractivity contribution is 6.35. The summed E-state index contributed by atoms with van der Waals surface area (Å²) >= 11 is 12.5.